The van der Waals surface area contributed by atoms with Crippen molar-refractivity contribution < 1.29 is 17.9 Å². The van der Waals surface area contributed by atoms with E-state index in [2.05, 4.69) is 15.5 Å². The van der Waals surface area contributed by atoms with Crippen LogP contribution in [-0.2, 0) is 20.2 Å². The SMILES string of the molecule is CCCc1[nH]nc(C(=O)NCC2CCOC2)c1S(=O)(=O)Cl. The summed E-state index contributed by atoms with van der Waals surface area (Å²) in [5, 5.41) is 9.09. The number of carbonyl (C=O) groups excluding carboxylic acids is 1. The first-order valence-corrected chi connectivity index (χ1v) is 9.12. The number of nitrogens with zero attached hydrogens (tertiary/aromatic N) is 1. The van der Waals surface area contributed by atoms with E-state index in [1.54, 1.807) is 0 Å². The summed E-state index contributed by atoms with van der Waals surface area (Å²) in [5.74, 6) is -0.293. The molecule has 1 aliphatic heterocycles. The number of halogens is 1. The van der Waals surface area contributed by atoms with Crippen LogP contribution in [0, 0.1) is 5.92 Å². The van der Waals surface area contributed by atoms with Crippen molar-refractivity contribution in [3.8, 4) is 0 Å². The zero-order chi connectivity index (χ0) is 15.5. The van der Waals surface area contributed by atoms with Crippen molar-refractivity contribution in [2.24, 2.45) is 5.92 Å². The van der Waals surface area contributed by atoms with E-state index in [0.29, 0.717) is 38.3 Å². The van der Waals surface area contributed by atoms with Crippen LogP contribution in [0.4, 0.5) is 0 Å². The van der Waals surface area contributed by atoms with Gasteiger partial charge in [-0.3, -0.25) is 9.89 Å². The number of hydrogen-bond donors (Lipinski definition) is 2. The van der Waals surface area contributed by atoms with Crippen molar-refractivity contribution in [1.29, 1.82) is 0 Å². The Bertz CT molecular complexity index is 608. The van der Waals surface area contributed by atoms with Crippen molar-refractivity contribution in [3.63, 3.8) is 0 Å². The maximum Gasteiger partial charge on any atom is 0.273 e. The number of carbonyl (C=O) groups is 1. The van der Waals surface area contributed by atoms with Crippen LogP contribution in [0.5, 0.6) is 0 Å². The Labute approximate surface area is 127 Å². The third-order valence-corrected chi connectivity index (χ3v) is 4.72. The Hall–Kier alpha value is -1.12. The second kappa shape index (κ2) is 6.76. The van der Waals surface area contributed by atoms with E-state index >= 15 is 0 Å². The average molecular weight is 336 g/mol. The largest absolute Gasteiger partial charge is 0.381 e. The molecule has 0 aromatic carbocycles. The third kappa shape index (κ3) is 3.96. The second-order valence-corrected chi connectivity index (χ2v) is 7.51. The van der Waals surface area contributed by atoms with Crippen LogP contribution >= 0.6 is 10.7 Å². The van der Waals surface area contributed by atoms with Gasteiger partial charge < -0.3 is 10.1 Å². The third-order valence-electron chi connectivity index (χ3n) is 3.33. The minimum absolute atomic E-state index is 0.174. The quantitative estimate of drug-likeness (QED) is 0.757. The number of hydrogen-bond acceptors (Lipinski definition) is 5. The molecule has 0 aliphatic carbocycles. The van der Waals surface area contributed by atoms with Gasteiger partial charge >= 0.3 is 0 Å². The van der Waals surface area contributed by atoms with E-state index in [1.807, 2.05) is 6.92 Å². The maximum atomic E-state index is 12.1. The van der Waals surface area contributed by atoms with Crippen LogP contribution in [-0.4, -0.2) is 44.3 Å². The molecule has 1 saturated heterocycles. The highest BCUT2D eigenvalue weighted by Crippen LogP contribution is 2.23. The molecule has 7 nitrogen and oxygen atoms in total. The van der Waals surface area contributed by atoms with Crippen LogP contribution < -0.4 is 5.32 Å². The summed E-state index contributed by atoms with van der Waals surface area (Å²) in [6.45, 7) is 3.61. The molecule has 0 bridgehead atoms. The summed E-state index contributed by atoms with van der Waals surface area (Å²) in [4.78, 5) is 11.9. The number of rotatable bonds is 6. The topological polar surface area (TPSA) is 101 Å². The van der Waals surface area contributed by atoms with Gasteiger partial charge in [-0.25, -0.2) is 8.42 Å². The first-order chi connectivity index (χ1) is 9.93. The summed E-state index contributed by atoms with van der Waals surface area (Å²) in [5.41, 5.74) is 0.189. The summed E-state index contributed by atoms with van der Waals surface area (Å²) >= 11 is 0. The number of nitrogens with one attached hydrogen (secondary N) is 2. The van der Waals surface area contributed by atoms with Crippen molar-refractivity contribution >= 4 is 25.6 Å². The fourth-order valence-corrected chi connectivity index (χ4v) is 3.58. The molecule has 2 N–H and O–H groups in total. The summed E-state index contributed by atoms with van der Waals surface area (Å²) in [7, 11) is 1.40. The van der Waals surface area contributed by atoms with Crippen molar-refractivity contribution in [2.75, 3.05) is 19.8 Å². The highest BCUT2D eigenvalue weighted by atomic mass is 35.7. The van der Waals surface area contributed by atoms with Crippen molar-refractivity contribution in [1.82, 2.24) is 15.5 Å². The van der Waals surface area contributed by atoms with Crippen LogP contribution in [0.1, 0.15) is 35.9 Å². The van der Waals surface area contributed by atoms with Gasteiger partial charge in [0.1, 0.15) is 4.90 Å². The van der Waals surface area contributed by atoms with Crippen molar-refractivity contribution in [3.05, 3.63) is 11.4 Å². The first-order valence-electron chi connectivity index (χ1n) is 6.81. The summed E-state index contributed by atoms with van der Waals surface area (Å²) in [6.07, 6.45) is 2.04. The molecule has 9 heteroatoms. The van der Waals surface area contributed by atoms with Gasteiger partial charge in [0.15, 0.2) is 5.69 Å². The van der Waals surface area contributed by atoms with Gasteiger partial charge in [0.25, 0.3) is 15.0 Å². The molecule has 1 atom stereocenters. The summed E-state index contributed by atoms with van der Waals surface area (Å²) in [6, 6.07) is 0. The van der Waals surface area contributed by atoms with Gasteiger partial charge in [0, 0.05) is 29.8 Å². The molecule has 0 saturated carbocycles. The molecule has 1 amide bonds. The molecule has 21 heavy (non-hydrogen) atoms. The average Bonchev–Trinajstić information content (AvgIpc) is 3.04. The Kier molecular flexibility index (Phi) is 5.23. The molecule has 1 aliphatic rings. The van der Waals surface area contributed by atoms with E-state index in [9.17, 15) is 13.2 Å². The normalized spacial score (nSPS) is 18.9. The predicted molar refractivity (Wildman–Crippen MR) is 76.9 cm³/mol. The summed E-state index contributed by atoms with van der Waals surface area (Å²) < 4.78 is 28.6. The van der Waals surface area contributed by atoms with Crippen LogP contribution in [0.15, 0.2) is 4.90 Å². The minimum Gasteiger partial charge on any atom is -0.381 e. The monoisotopic (exact) mass is 335 g/mol. The molecule has 0 spiro atoms. The lowest BCUT2D eigenvalue weighted by atomic mass is 10.1. The van der Waals surface area contributed by atoms with Crippen molar-refractivity contribution in [2.45, 2.75) is 31.1 Å². The molecule has 2 heterocycles. The highest BCUT2D eigenvalue weighted by molar-refractivity contribution is 8.13. The van der Waals surface area contributed by atoms with Gasteiger partial charge in [-0.1, -0.05) is 13.3 Å². The van der Waals surface area contributed by atoms with Gasteiger partial charge in [-0.2, -0.15) is 5.10 Å². The molecular weight excluding hydrogens is 318 g/mol. The number of aromatic amines is 1. The van der Waals surface area contributed by atoms with Gasteiger partial charge in [-0.05, 0) is 12.8 Å². The van der Waals surface area contributed by atoms with Crippen LogP contribution in [0.2, 0.25) is 0 Å². The molecule has 1 aromatic rings. The van der Waals surface area contributed by atoms with E-state index < -0.39 is 15.0 Å². The Morgan fingerprint density at radius 2 is 2.33 bits per heavy atom. The number of aromatic nitrogens is 2. The van der Waals surface area contributed by atoms with E-state index in [-0.39, 0.29) is 16.5 Å². The van der Waals surface area contributed by atoms with Gasteiger partial charge in [0.05, 0.1) is 12.3 Å². The van der Waals surface area contributed by atoms with E-state index in [1.165, 1.54) is 0 Å². The number of aryl methyl sites for hydroxylation is 1. The fraction of sp³-hybridized carbons (Fsp3) is 0.667. The maximum absolute atomic E-state index is 12.1. The molecular formula is C12H18ClN3O4S. The zero-order valence-electron chi connectivity index (χ0n) is 11.7. The fourth-order valence-electron chi connectivity index (χ4n) is 2.27. The second-order valence-electron chi connectivity index (χ2n) is 5.01. The minimum atomic E-state index is -4.03. The standard InChI is InChI=1S/C12H18ClN3O4S/c1-2-3-9-11(21(13,18)19)10(16-15-9)12(17)14-6-8-4-5-20-7-8/h8H,2-7H2,1H3,(H,14,17)(H,15,16). The molecule has 118 valence electrons. The molecule has 0 radical (unpaired) electrons. The Morgan fingerprint density at radius 3 is 2.90 bits per heavy atom. The van der Waals surface area contributed by atoms with E-state index in [0.717, 1.165) is 6.42 Å². The lowest BCUT2D eigenvalue weighted by Crippen LogP contribution is -2.30. The molecule has 1 unspecified atom stereocenters. The molecule has 2 rings (SSSR count). The Balaban J connectivity index is 2.16. The smallest absolute Gasteiger partial charge is 0.273 e. The predicted octanol–water partition coefficient (Wildman–Crippen LogP) is 1.06. The number of amides is 1. The van der Waals surface area contributed by atoms with Gasteiger partial charge in [-0.15, -0.1) is 0 Å². The van der Waals surface area contributed by atoms with E-state index in [4.69, 9.17) is 15.4 Å². The Morgan fingerprint density at radius 1 is 1.57 bits per heavy atom. The number of H-pyrrole nitrogens is 1. The van der Waals surface area contributed by atoms with Crippen LogP contribution in [0.3, 0.4) is 0 Å². The highest BCUT2D eigenvalue weighted by Gasteiger charge is 2.28. The molecule has 1 fully saturated rings. The molecule has 1 aromatic heterocycles. The lowest BCUT2D eigenvalue weighted by molar-refractivity contribution is 0.0936. The zero-order valence-corrected chi connectivity index (χ0v) is 13.3. The van der Waals surface area contributed by atoms with Gasteiger partial charge in [0.2, 0.25) is 0 Å². The van der Waals surface area contributed by atoms with Crippen LogP contribution in [0.25, 0.3) is 0 Å². The first kappa shape index (κ1) is 16.3. The lowest BCUT2D eigenvalue weighted by Gasteiger charge is -2.08. The number of ether oxygens (including phenoxy) is 1.